The first-order valence-corrected chi connectivity index (χ1v) is 6.71. The Kier molecular flexibility index (Phi) is 3.47. The van der Waals surface area contributed by atoms with Crippen molar-refractivity contribution in [2.75, 3.05) is 11.4 Å². The van der Waals surface area contributed by atoms with E-state index >= 15 is 0 Å². The topological polar surface area (TPSA) is 28.5 Å². The molecule has 1 fully saturated rings. The van der Waals surface area contributed by atoms with Gasteiger partial charge in [0.1, 0.15) is 5.84 Å². The van der Waals surface area contributed by atoms with Crippen LogP contribution >= 0.6 is 11.6 Å². The van der Waals surface area contributed by atoms with Gasteiger partial charge in [-0.2, -0.15) is 0 Å². The Hall–Kier alpha value is -1.87. The lowest BCUT2D eigenvalue weighted by atomic mass is 10.3. The van der Waals surface area contributed by atoms with Crippen molar-refractivity contribution in [1.82, 2.24) is 4.98 Å². The highest BCUT2D eigenvalue weighted by molar-refractivity contribution is 6.31. The Labute approximate surface area is 117 Å². The molecule has 0 saturated carbocycles. The molecule has 19 heavy (non-hydrogen) atoms. The van der Waals surface area contributed by atoms with E-state index in [9.17, 15) is 0 Å². The van der Waals surface area contributed by atoms with Crippen LogP contribution in [-0.2, 0) is 0 Å². The normalized spacial score (nSPS) is 17.1. The van der Waals surface area contributed by atoms with E-state index in [1.54, 1.807) is 12.4 Å². The summed E-state index contributed by atoms with van der Waals surface area (Å²) >= 11 is 6.06. The quantitative estimate of drug-likeness (QED) is 0.824. The van der Waals surface area contributed by atoms with Crippen LogP contribution in [-0.4, -0.2) is 17.4 Å². The third-order valence-corrected chi connectivity index (χ3v) is 3.37. The van der Waals surface area contributed by atoms with Crippen LogP contribution in [0.4, 0.5) is 11.4 Å². The number of aromatic nitrogens is 1. The van der Waals surface area contributed by atoms with Crippen molar-refractivity contribution in [3.8, 4) is 0 Å². The zero-order valence-corrected chi connectivity index (χ0v) is 11.2. The van der Waals surface area contributed by atoms with E-state index in [1.165, 1.54) is 0 Å². The van der Waals surface area contributed by atoms with Gasteiger partial charge in [0.25, 0.3) is 0 Å². The average Bonchev–Trinajstić information content (AvgIpc) is 2.88. The van der Waals surface area contributed by atoms with Crippen LogP contribution in [0.25, 0.3) is 0 Å². The van der Waals surface area contributed by atoms with E-state index < -0.39 is 0 Å². The minimum Gasteiger partial charge on any atom is -0.330 e. The molecule has 2 aromatic rings. The molecule has 3 nitrogen and oxygen atoms in total. The van der Waals surface area contributed by atoms with Crippen molar-refractivity contribution in [1.29, 1.82) is 0 Å². The molecule has 0 spiro atoms. The maximum Gasteiger partial charge on any atom is 0.109 e. The van der Waals surface area contributed by atoms with Crippen molar-refractivity contribution >= 4 is 28.8 Å². The molecule has 0 atom stereocenters. The van der Waals surface area contributed by atoms with Gasteiger partial charge in [-0.25, -0.2) is 4.99 Å². The van der Waals surface area contributed by atoms with Crippen molar-refractivity contribution in [3.05, 3.63) is 53.8 Å². The number of hydrogen-bond acceptors (Lipinski definition) is 2. The summed E-state index contributed by atoms with van der Waals surface area (Å²) in [4.78, 5) is 10.9. The van der Waals surface area contributed by atoms with Crippen molar-refractivity contribution in [2.45, 2.75) is 12.8 Å². The second-order valence-electron chi connectivity index (χ2n) is 4.47. The molecule has 0 unspecified atom stereocenters. The predicted molar refractivity (Wildman–Crippen MR) is 79.4 cm³/mol. The fourth-order valence-corrected chi connectivity index (χ4v) is 2.45. The minimum absolute atomic E-state index is 0.757. The molecular formula is C15H14ClN3. The number of nitrogens with zero attached hydrogens (tertiary/aromatic N) is 3. The standard InChI is InChI=1S/C15H14ClN3/c16-12-3-1-4-14(11-12)19-10-2-5-15(19)18-13-6-8-17-9-7-13/h1,3-4,6-9,11H,2,5,10H2. The van der Waals surface area contributed by atoms with Crippen LogP contribution < -0.4 is 4.90 Å². The first kappa shape index (κ1) is 12.2. The number of anilines is 1. The van der Waals surface area contributed by atoms with Gasteiger partial charge in [0.05, 0.1) is 5.69 Å². The second kappa shape index (κ2) is 5.41. The molecule has 96 valence electrons. The summed E-state index contributed by atoms with van der Waals surface area (Å²) in [5.74, 6) is 1.09. The van der Waals surface area contributed by atoms with E-state index in [2.05, 4.69) is 16.0 Å². The molecule has 1 aromatic heterocycles. The van der Waals surface area contributed by atoms with Crippen LogP contribution in [0.1, 0.15) is 12.8 Å². The van der Waals surface area contributed by atoms with Crippen molar-refractivity contribution < 1.29 is 0 Å². The Morgan fingerprint density at radius 1 is 1.16 bits per heavy atom. The van der Waals surface area contributed by atoms with Gasteiger partial charge < -0.3 is 4.90 Å². The van der Waals surface area contributed by atoms with Crippen LogP contribution in [0.3, 0.4) is 0 Å². The second-order valence-corrected chi connectivity index (χ2v) is 4.90. The molecule has 0 bridgehead atoms. The Morgan fingerprint density at radius 2 is 2.00 bits per heavy atom. The molecular weight excluding hydrogens is 258 g/mol. The number of halogens is 1. The molecule has 0 amide bonds. The monoisotopic (exact) mass is 271 g/mol. The van der Waals surface area contributed by atoms with Gasteiger partial charge >= 0.3 is 0 Å². The number of aliphatic imine (C=N–C) groups is 1. The fourth-order valence-electron chi connectivity index (χ4n) is 2.27. The lowest BCUT2D eigenvalue weighted by molar-refractivity contribution is 0.956. The zero-order chi connectivity index (χ0) is 13.1. The van der Waals surface area contributed by atoms with Gasteiger partial charge in [0, 0.05) is 36.1 Å². The maximum atomic E-state index is 6.06. The van der Waals surface area contributed by atoms with Gasteiger partial charge in [-0.1, -0.05) is 17.7 Å². The Morgan fingerprint density at radius 3 is 2.79 bits per heavy atom. The van der Waals surface area contributed by atoms with Gasteiger partial charge in [0.2, 0.25) is 0 Å². The molecule has 0 aliphatic carbocycles. The number of amidine groups is 1. The third-order valence-electron chi connectivity index (χ3n) is 3.13. The summed E-state index contributed by atoms with van der Waals surface area (Å²) in [6.45, 7) is 0.990. The lowest BCUT2D eigenvalue weighted by Crippen LogP contribution is -2.23. The predicted octanol–water partition coefficient (Wildman–Crippen LogP) is 4.07. The zero-order valence-electron chi connectivity index (χ0n) is 10.5. The molecule has 2 heterocycles. The Bertz CT molecular complexity index is 595. The van der Waals surface area contributed by atoms with E-state index in [1.807, 2.05) is 30.3 Å². The number of pyridine rings is 1. The van der Waals surface area contributed by atoms with Gasteiger partial charge in [-0.3, -0.25) is 4.98 Å². The molecule has 1 saturated heterocycles. The number of hydrogen-bond donors (Lipinski definition) is 0. The lowest BCUT2D eigenvalue weighted by Gasteiger charge is -2.19. The van der Waals surface area contributed by atoms with E-state index in [0.717, 1.165) is 41.6 Å². The molecule has 1 aliphatic rings. The van der Waals surface area contributed by atoms with Gasteiger partial charge in [-0.15, -0.1) is 0 Å². The fraction of sp³-hybridized carbons (Fsp3) is 0.200. The highest BCUT2D eigenvalue weighted by Gasteiger charge is 2.20. The highest BCUT2D eigenvalue weighted by atomic mass is 35.5. The van der Waals surface area contributed by atoms with E-state index in [-0.39, 0.29) is 0 Å². The minimum atomic E-state index is 0.757. The van der Waals surface area contributed by atoms with Crippen molar-refractivity contribution in [3.63, 3.8) is 0 Å². The number of benzene rings is 1. The van der Waals surface area contributed by atoms with Crippen molar-refractivity contribution in [2.24, 2.45) is 4.99 Å². The summed E-state index contributed by atoms with van der Waals surface area (Å²) in [6, 6.07) is 11.7. The third kappa shape index (κ3) is 2.76. The molecule has 1 aliphatic heterocycles. The van der Waals surface area contributed by atoms with E-state index in [4.69, 9.17) is 16.6 Å². The first-order valence-electron chi connectivity index (χ1n) is 6.33. The summed E-state index contributed by atoms with van der Waals surface area (Å²) in [7, 11) is 0. The largest absolute Gasteiger partial charge is 0.330 e. The highest BCUT2D eigenvalue weighted by Crippen LogP contribution is 2.26. The van der Waals surface area contributed by atoms with E-state index in [0.29, 0.717) is 0 Å². The maximum absolute atomic E-state index is 6.06. The number of rotatable bonds is 2. The Balaban J connectivity index is 1.92. The van der Waals surface area contributed by atoms with Gasteiger partial charge in [-0.05, 0) is 36.8 Å². The summed E-state index contributed by atoms with van der Waals surface area (Å²) in [6.07, 6.45) is 5.64. The molecule has 0 N–H and O–H groups in total. The van der Waals surface area contributed by atoms with Crippen LogP contribution in [0.5, 0.6) is 0 Å². The van der Waals surface area contributed by atoms with Gasteiger partial charge in [0.15, 0.2) is 0 Å². The van der Waals surface area contributed by atoms with Crippen LogP contribution in [0.2, 0.25) is 5.02 Å². The first-order chi connectivity index (χ1) is 9.33. The smallest absolute Gasteiger partial charge is 0.109 e. The summed E-state index contributed by atoms with van der Waals surface area (Å²) < 4.78 is 0. The molecule has 4 heteroatoms. The average molecular weight is 272 g/mol. The van der Waals surface area contributed by atoms with Crippen LogP contribution in [0.15, 0.2) is 53.8 Å². The molecule has 0 radical (unpaired) electrons. The SMILES string of the molecule is Clc1cccc(N2CCCC2=Nc2ccncc2)c1. The van der Waals surface area contributed by atoms with Crippen LogP contribution in [0, 0.1) is 0 Å². The molecule has 1 aromatic carbocycles. The molecule has 3 rings (SSSR count). The summed E-state index contributed by atoms with van der Waals surface area (Å²) in [5.41, 5.74) is 2.05. The summed E-state index contributed by atoms with van der Waals surface area (Å²) in [5, 5.41) is 0.757.